The Bertz CT molecular complexity index is 230. The molecule has 5 heteroatoms. The lowest BCUT2D eigenvalue weighted by Gasteiger charge is -2.25. The fraction of sp³-hybridized carbons (Fsp3) is 0.778. The van der Waals surface area contributed by atoms with Gasteiger partial charge in [-0.15, -0.1) is 0 Å². The molecule has 3 N–H and O–H groups in total. The molecule has 80 valence electrons. The van der Waals surface area contributed by atoms with Crippen LogP contribution in [0.15, 0.2) is 0 Å². The molecule has 0 aromatic heterocycles. The SMILES string of the molecule is CCC(NC1CCCNC1=O)C(=O)O. The highest BCUT2D eigenvalue weighted by molar-refractivity contribution is 5.83. The van der Waals surface area contributed by atoms with Crippen LogP contribution >= 0.6 is 0 Å². The quantitative estimate of drug-likeness (QED) is 0.583. The van der Waals surface area contributed by atoms with Gasteiger partial charge in [-0.1, -0.05) is 6.92 Å². The van der Waals surface area contributed by atoms with E-state index < -0.39 is 12.0 Å². The molecule has 0 aromatic rings. The van der Waals surface area contributed by atoms with Crippen molar-refractivity contribution in [3.05, 3.63) is 0 Å². The second-order valence-corrected chi connectivity index (χ2v) is 3.45. The average Bonchev–Trinajstić information content (AvgIpc) is 2.16. The van der Waals surface area contributed by atoms with E-state index in [4.69, 9.17) is 5.11 Å². The maximum atomic E-state index is 11.3. The summed E-state index contributed by atoms with van der Waals surface area (Å²) in [5.74, 6) is -0.984. The average molecular weight is 200 g/mol. The van der Waals surface area contributed by atoms with Gasteiger partial charge < -0.3 is 10.4 Å². The molecule has 14 heavy (non-hydrogen) atoms. The lowest BCUT2D eigenvalue weighted by Crippen LogP contribution is -2.53. The topological polar surface area (TPSA) is 78.4 Å². The van der Waals surface area contributed by atoms with Gasteiger partial charge in [0.1, 0.15) is 6.04 Å². The van der Waals surface area contributed by atoms with Crippen LogP contribution in [0.5, 0.6) is 0 Å². The monoisotopic (exact) mass is 200 g/mol. The van der Waals surface area contributed by atoms with Crippen molar-refractivity contribution in [1.29, 1.82) is 0 Å². The summed E-state index contributed by atoms with van der Waals surface area (Å²) in [6.45, 7) is 2.48. The van der Waals surface area contributed by atoms with Gasteiger partial charge in [0.2, 0.25) is 5.91 Å². The molecule has 0 aliphatic carbocycles. The summed E-state index contributed by atoms with van der Waals surface area (Å²) in [6, 6.07) is -0.964. The van der Waals surface area contributed by atoms with Crippen molar-refractivity contribution < 1.29 is 14.7 Å². The smallest absolute Gasteiger partial charge is 0.320 e. The molecule has 0 spiro atoms. The molecule has 0 bridgehead atoms. The number of carboxylic acid groups (broad SMARTS) is 1. The van der Waals surface area contributed by atoms with Crippen LogP contribution in [0.3, 0.4) is 0 Å². The van der Waals surface area contributed by atoms with Crippen molar-refractivity contribution in [2.45, 2.75) is 38.3 Å². The molecule has 2 unspecified atom stereocenters. The molecule has 5 nitrogen and oxygen atoms in total. The lowest BCUT2D eigenvalue weighted by atomic mass is 10.0. The van der Waals surface area contributed by atoms with Gasteiger partial charge in [0.15, 0.2) is 0 Å². The first-order chi connectivity index (χ1) is 6.65. The van der Waals surface area contributed by atoms with Crippen molar-refractivity contribution in [3.63, 3.8) is 0 Å². The van der Waals surface area contributed by atoms with Gasteiger partial charge in [-0.2, -0.15) is 0 Å². The number of carbonyl (C=O) groups excluding carboxylic acids is 1. The van der Waals surface area contributed by atoms with E-state index in [2.05, 4.69) is 10.6 Å². The van der Waals surface area contributed by atoms with Crippen molar-refractivity contribution in [3.8, 4) is 0 Å². The summed E-state index contributed by atoms with van der Waals surface area (Å²) in [4.78, 5) is 22.0. The first kappa shape index (κ1) is 11.0. The molecule has 1 fully saturated rings. The molecule has 1 amide bonds. The van der Waals surface area contributed by atoms with E-state index in [-0.39, 0.29) is 11.9 Å². The molecule has 2 atom stereocenters. The number of carboxylic acids is 1. The van der Waals surface area contributed by atoms with Crippen LogP contribution in [0.2, 0.25) is 0 Å². The van der Waals surface area contributed by atoms with Crippen LogP contribution in [0.1, 0.15) is 26.2 Å². The molecule has 1 saturated heterocycles. The van der Waals surface area contributed by atoms with Crippen molar-refractivity contribution in [1.82, 2.24) is 10.6 Å². The predicted octanol–water partition coefficient (Wildman–Crippen LogP) is -0.282. The van der Waals surface area contributed by atoms with E-state index in [0.29, 0.717) is 13.0 Å². The molecule has 1 aliphatic rings. The Balaban J connectivity index is 2.48. The van der Waals surface area contributed by atoms with E-state index in [1.807, 2.05) is 0 Å². The zero-order chi connectivity index (χ0) is 10.6. The zero-order valence-corrected chi connectivity index (χ0v) is 8.25. The van der Waals surface area contributed by atoms with E-state index in [9.17, 15) is 9.59 Å². The molecular formula is C9H16N2O3. The number of rotatable bonds is 4. The van der Waals surface area contributed by atoms with Crippen LogP contribution < -0.4 is 10.6 Å². The van der Waals surface area contributed by atoms with Gasteiger partial charge in [0.25, 0.3) is 0 Å². The maximum absolute atomic E-state index is 11.3. The van der Waals surface area contributed by atoms with Gasteiger partial charge >= 0.3 is 5.97 Å². The Hall–Kier alpha value is -1.10. The third kappa shape index (κ3) is 2.70. The zero-order valence-electron chi connectivity index (χ0n) is 8.25. The Morgan fingerprint density at radius 2 is 2.50 bits per heavy atom. The molecular weight excluding hydrogens is 184 g/mol. The Labute approximate surface area is 82.9 Å². The minimum absolute atomic E-state index is 0.0871. The van der Waals surface area contributed by atoms with Crippen LogP contribution in [-0.2, 0) is 9.59 Å². The van der Waals surface area contributed by atoms with Crippen molar-refractivity contribution in [2.75, 3.05) is 6.54 Å². The summed E-state index contributed by atoms with van der Waals surface area (Å²) < 4.78 is 0. The minimum atomic E-state index is -0.897. The Kier molecular flexibility index (Phi) is 3.88. The summed E-state index contributed by atoms with van der Waals surface area (Å²) in [7, 11) is 0. The highest BCUT2D eigenvalue weighted by Gasteiger charge is 2.26. The number of amides is 1. The van der Waals surface area contributed by atoms with E-state index in [1.54, 1.807) is 6.92 Å². The number of nitrogens with one attached hydrogen (secondary N) is 2. The molecule has 1 heterocycles. The van der Waals surface area contributed by atoms with Crippen LogP contribution in [0.4, 0.5) is 0 Å². The fourth-order valence-electron chi connectivity index (χ4n) is 1.54. The second-order valence-electron chi connectivity index (χ2n) is 3.45. The number of hydrogen-bond donors (Lipinski definition) is 3. The van der Waals surface area contributed by atoms with Gasteiger partial charge in [-0.05, 0) is 19.3 Å². The number of aliphatic carboxylic acids is 1. The summed E-state index contributed by atoms with van der Waals surface area (Å²) >= 11 is 0. The molecule has 0 radical (unpaired) electrons. The number of carbonyl (C=O) groups is 2. The minimum Gasteiger partial charge on any atom is -0.480 e. The highest BCUT2D eigenvalue weighted by atomic mass is 16.4. The summed E-state index contributed by atoms with van der Waals surface area (Å²) in [5, 5.41) is 14.3. The fourth-order valence-corrected chi connectivity index (χ4v) is 1.54. The van der Waals surface area contributed by atoms with Crippen molar-refractivity contribution >= 4 is 11.9 Å². The number of piperidine rings is 1. The maximum Gasteiger partial charge on any atom is 0.320 e. The van der Waals surface area contributed by atoms with E-state index in [0.717, 1.165) is 12.8 Å². The van der Waals surface area contributed by atoms with Crippen LogP contribution in [-0.4, -0.2) is 35.6 Å². The Morgan fingerprint density at radius 1 is 1.79 bits per heavy atom. The van der Waals surface area contributed by atoms with Crippen LogP contribution in [0.25, 0.3) is 0 Å². The van der Waals surface area contributed by atoms with E-state index >= 15 is 0 Å². The van der Waals surface area contributed by atoms with Gasteiger partial charge in [-0.3, -0.25) is 14.9 Å². The Morgan fingerprint density at radius 3 is 3.00 bits per heavy atom. The second kappa shape index (κ2) is 4.95. The molecule has 1 rings (SSSR count). The van der Waals surface area contributed by atoms with Crippen LogP contribution in [0, 0.1) is 0 Å². The van der Waals surface area contributed by atoms with Gasteiger partial charge in [-0.25, -0.2) is 0 Å². The summed E-state index contributed by atoms with van der Waals surface area (Å²) in [6.07, 6.45) is 2.11. The normalized spacial score (nSPS) is 24.1. The predicted molar refractivity (Wildman–Crippen MR) is 50.9 cm³/mol. The first-order valence-electron chi connectivity index (χ1n) is 4.91. The van der Waals surface area contributed by atoms with Crippen molar-refractivity contribution in [2.24, 2.45) is 0 Å². The highest BCUT2D eigenvalue weighted by Crippen LogP contribution is 2.05. The third-order valence-electron chi connectivity index (χ3n) is 2.39. The largest absolute Gasteiger partial charge is 0.480 e. The number of hydrogen-bond acceptors (Lipinski definition) is 3. The molecule has 0 aromatic carbocycles. The third-order valence-corrected chi connectivity index (χ3v) is 2.39. The molecule has 0 saturated carbocycles. The standard InChI is InChI=1S/C9H16N2O3/c1-2-6(9(13)14)11-7-4-3-5-10-8(7)12/h6-7,11H,2-5H2,1H3,(H,10,12)(H,13,14). The van der Waals surface area contributed by atoms with E-state index in [1.165, 1.54) is 0 Å². The lowest BCUT2D eigenvalue weighted by molar-refractivity contribution is -0.140. The molecule has 1 aliphatic heterocycles. The summed E-state index contributed by atoms with van der Waals surface area (Å²) in [5.41, 5.74) is 0. The van der Waals surface area contributed by atoms with Gasteiger partial charge in [0.05, 0.1) is 6.04 Å². The first-order valence-corrected chi connectivity index (χ1v) is 4.91. The van der Waals surface area contributed by atoms with Gasteiger partial charge in [0, 0.05) is 6.54 Å².